The smallest absolute Gasteiger partial charge is 0.358 e. The van der Waals surface area contributed by atoms with Crippen LogP contribution in [0, 0.1) is 0 Å². The largest absolute Gasteiger partial charge is 0.481 e. The Balaban J connectivity index is 2.24. The molecule has 0 fully saturated rings. The maximum Gasteiger partial charge on any atom is 0.358 e. The third-order valence-electron chi connectivity index (χ3n) is 7.63. The average Bonchev–Trinajstić information content (AvgIpc) is 3.14. The lowest BCUT2D eigenvalue weighted by atomic mass is 9.80. The first-order chi connectivity index (χ1) is 19.4. The summed E-state index contributed by atoms with van der Waals surface area (Å²) in [4.78, 5) is 32.5. The predicted octanol–water partition coefficient (Wildman–Crippen LogP) is 6.74. The highest BCUT2D eigenvalue weighted by molar-refractivity contribution is 7.58. The minimum absolute atomic E-state index is 0.0619. The van der Waals surface area contributed by atoms with Crippen molar-refractivity contribution in [1.82, 2.24) is 0 Å². The predicted molar refractivity (Wildman–Crippen MR) is 156 cm³/mol. The van der Waals surface area contributed by atoms with Crippen LogP contribution >= 0.6 is 7.60 Å². The molecule has 1 aliphatic heterocycles. The van der Waals surface area contributed by atoms with Crippen molar-refractivity contribution in [2.75, 3.05) is 19.8 Å². The molecule has 11 heteroatoms. The first-order valence-electron chi connectivity index (χ1n) is 14.4. The topological polar surface area (TPSA) is 150 Å². The molecular weight excluding hydrogens is 549 g/mol. The summed E-state index contributed by atoms with van der Waals surface area (Å²) >= 11 is 0. The number of rotatable bonds is 22. The summed E-state index contributed by atoms with van der Waals surface area (Å²) in [5.74, 6) is -2.52. The van der Waals surface area contributed by atoms with E-state index in [0.29, 0.717) is 56.8 Å². The number of fused-ring (bicyclic) bond motifs is 1. The molecule has 0 radical (unpaired) electrons. The van der Waals surface area contributed by atoms with Crippen LogP contribution in [0.4, 0.5) is 5.69 Å². The molecule has 0 saturated carbocycles. The maximum atomic E-state index is 14.4. The third-order valence-corrected chi connectivity index (χ3v) is 9.79. The highest BCUT2D eigenvalue weighted by atomic mass is 31.2. The highest BCUT2D eigenvalue weighted by Gasteiger charge is 2.54. The molecule has 0 amide bonds. The van der Waals surface area contributed by atoms with Gasteiger partial charge in [0.05, 0.1) is 18.5 Å². The lowest BCUT2D eigenvalue weighted by Gasteiger charge is -2.30. The van der Waals surface area contributed by atoms with Crippen molar-refractivity contribution >= 4 is 36.9 Å². The van der Waals surface area contributed by atoms with Crippen molar-refractivity contribution in [3.05, 3.63) is 41.7 Å². The number of benzene rings is 1. The van der Waals surface area contributed by atoms with E-state index in [9.17, 15) is 18.9 Å². The number of para-hydroxylation sites is 1. The molecule has 3 N–H and O–H groups in total. The quantitative estimate of drug-likeness (QED) is 0.0753. The molecule has 1 aliphatic rings. The zero-order chi connectivity index (χ0) is 30.5. The van der Waals surface area contributed by atoms with Gasteiger partial charge in [-0.1, -0.05) is 37.6 Å². The van der Waals surface area contributed by atoms with Gasteiger partial charge >= 0.3 is 25.5 Å². The summed E-state index contributed by atoms with van der Waals surface area (Å²) in [7, 11) is -3.87. The second-order valence-corrected chi connectivity index (χ2v) is 12.7. The van der Waals surface area contributed by atoms with Crippen LogP contribution in [0.15, 0.2) is 36.2 Å². The zero-order valence-electron chi connectivity index (χ0n) is 24.3. The Bertz CT molecular complexity index is 1130. The monoisotopic (exact) mass is 594 g/mol. The van der Waals surface area contributed by atoms with Gasteiger partial charge in [-0.15, -0.1) is 0 Å². The van der Waals surface area contributed by atoms with Crippen LogP contribution in [-0.4, -0.2) is 63.3 Å². The fourth-order valence-corrected chi connectivity index (χ4v) is 7.05. The van der Waals surface area contributed by atoms with Crippen molar-refractivity contribution in [3.8, 4) is 0 Å². The number of hydrogen-bond donors (Lipinski definition) is 3. The van der Waals surface area contributed by atoms with Gasteiger partial charge in [-0.2, -0.15) is 4.58 Å². The second-order valence-electron chi connectivity index (χ2n) is 10.6. The summed E-state index contributed by atoms with van der Waals surface area (Å²) in [5, 5.41) is 27.0. The van der Waals surface area contributed by atoms with E-state index < -0.39 is 30.9 Å². The standard InChI is InChI=1S/C30H44NO9P/c1-23-30(3,25-15-10-11-16-26(25)31(23)20-12-4-7-17-27(32)33)24(2)41(38,39-21-13-5-8-18-28(34)35)40-22-14-6-9-19-29(36)37/h10-11,15-16H,2,4-9,12-14,17-22H2,1,3H3,(H2-,32,33,34,35,36,37)/p+1. The summed E-state index contributed by atoms with van der Waals surface area (Å²) in [6, 6.07) is 7.85. The molecule has 0 aliphatic carbocycles. The van der Waals surface area contributed by atoms with Crippen molar-refractivity contribution in [2.45, 2.75) is 96.3 Å². The van der Waals surface area contributed by atoms with Crippen LogP contribution in [0.1, 0.15) is 96.5 Å². The average molecular weight is 595 g/mol. The SMILES string of the molecule is C=C(C1(C)C(C)=[N+](CCCCCC(=O)O)c2ccccc21)P(=O)(OCCCCCC(=O)O)OCCCCCC(=O)O. The van der Waals surface area contributed by atoms with Crippen molar-refractivity contribution in [3.63, 3.8) is 0 Å². The van der Waals surface area contributed by atoms with Gasteiger partial charge < -0.3 is 24.4 Å². The Kier molecular flexibility index (Phi) is 13.9. The van der Waals surface area contributed by atoms with E-state index in [1.165, 1.54) is 0 Å². The van der Waals surface area contributed by atoms with Crippen molar-refractivity contribution in [1.29, 1.82) is 0 Å². The highest BCUT2D eigenvalue weighted by Crippen LogP contribution is 2.64. The Morgan fingerprint density at radius 1 is 0.805 bits per heavy atom. The number of carbonyl (C=O) groups is 3. The Morgan fingerprint density at radius 2 is 1.27 bits per heavy atom. The van der Waals surface area contributed by atoms with Crippen LogP contribution < -0.4 is 0 Å². The molecule has 0 aromatic heterocycles. The van der Waals surface area contributed by atoms with Gasteiger partial charge in [-0.3, -0.25) is 18.9 Å². The van der Waals surface area contributed by atoms with E-state index in [0.717, 1.165) is 29.8 Å². The molecule has 0 saturated heterocycles. The fourth-order valence-electron chi connectivity index (χ4n) is 5.10. The third kappa shape index (κ3) is 9.90. The lowest BCUT2D eigenvalue weighted by molar-refractivity contribution is -0.439. The number of hydrogen-bond acceptors (Lipinski definition) is 6. The van der Waals surface area contributed by atoms with E-state index >= 15 is 0 Å². The van der Waals surface area contributed by atoms with Gasteiger partial charge in [0.15, 0.2) is 5.71 Å². The fraction of sp³-hybridized carbons (Fsp3) is 0.600. The van der Waals surface area contributed by atoms with Crippen LogP contribution in [0.25, 0.3) is 0 Å². The van der Waals surface area contributed by atoms with Crippen LogP contribution in [0.5, 0.6) is 0 Å². The molecule has 1 unspecified atom stereocenters. The first kappa shape index (κ1) is 34.4. The minimum atomic E-state index is -3.87. The van der Waals surface area contributed by atoms with Gasteiger partial charge in [0.25, 0.3) is 0 Å². The number of aliphatic carboxylic acids is 3. The van der Waals surface area contributed by atoms with E-state index in [-0.39, 0.29) is 32.5 Å². The summed E-state index contributed by atoms with van der Waals surface area (Å²) in [6.45, 7) is 9.15. The number of carboxylic acid groups (broad SMARTS) is 3. The summed E-state index contributed by atoms with van der Waals surface area (Å²) in [5.41, 5.74) is 1.99. The molecule has 228 valence electrons. The number of nitrogens with zero attached hydrogens (tertiary/aromatic N) is 1. The van der Waals surface area contributed by atoms with E-state index in [1.807, 2.05) is 38.1 Å². The van der Waals surface area contributed by atoms with Gasteiger partial charge in [0.2, 0.25) is 5.69 Å². The molecule has 0 bridgehead atoms. The normalized spacial score (nSPS) is 16.5. The summed E-state index contributed by atoms with van der Waals surface area (Å²) < 4.78 is 28.5. The molecule has 10 nitrogen and oxygen atoms in total. The summed E-state index contributed by atoms with van der Waals surface area (Å²) in [6.07, 6.45) is 5.66. The van der Waals surface area contributed by atoms with Crippen molar-refractivity contribution in [2.24, 2.45) is 0 Å². The molecule has 0 spiro atoms. The lowest BCUT2D eigenvalue weighted by Crippen LogP contribution is -2.33. The number of allylic oxidation sites excluding steroid dienone is 1. The maximum absolute atomic E-state index is 14.4. The molecule has 1 atom stereocenters. The second kappa shape index (κ2) is 16.6. The van der Waals surface area contributed by atoms with Crippen LogP contribution in [-0.2, 0) is 33.4 Å². The Hall–Kier alpha value is -2.81. The Morgan fingerprint density at radius 3 is 1.76 bits per heavy atom. The van der Waals surface area contributed by atoms with Gasteiger partial charge in [-0.05, 0) is 45.4 Å². The van der Waals surface area contributed by atoms with Crippen LogP contribution in [0.3, 0.4) is 0 Å². The first-order valence-corrected chi connectivity index (χ1v) is 15.9. The van der Waals surface area contributed by atoms with Gasteiger partial charge in [0, 0.05) is 44.2 Å². The van der Waals surface area contributed by atoms with Crippen LogP contribution in [0.2, 0.25) is 0 Å². The number of carboxylic acids is 3. The molecule has 41 heavy (non-hydrogen) atoms. The Labute approximate surface area is 242 Å². The molecular formula is C30H45NO9P+. The molecule has 1 aromatic carbocycles. The van der Waals surface area contributed by atoms with Gasteiger partial charge in [-0.25, -0.2) is 0 Å². The molecule has 1 aromatic rings. The van der Waals surface area contributed by atoms with Crippen molar-refractivity contribution < 1.29 is 47.9 Å². The number of unbranched alkanes of at least 4 members (excludes halogenated alkanes) is 6. The molecule has 1 heterocycles. The van der Waals surface area contributed by atoms with E-state index in [2.05, 4.69) is 11.2 Å². The zero-order valence-corrected chi connectivity index (χ0v) is 25.2. The molecule has 2 rings (SSSR count). The minimum Gasteiger partial charge on any atom is -0.481 e. The van der Waals surface area contributed by atoms with E-state index in [1.54, 1.807) is 0 Å². The van der Waals surface area contributed by atoms with E-state index in [4.69, 9.17) is 24.4 Å². The van der Waals surface area contributed by atoms with Gasteiger partial charge in [0.1, 0.15) is 12.0 Å².